The number of nitrogens with one attached hydrogen (secondary N) is 1. The standard InChI is InChI=1S/C30H28N4/c1-19-14-23(19)21-12-13-28-24(15-21)25(18-33(28)2)26-16-29-30(32-26)31-17-22-10-6-7-11-27(34(22)29)20-8-4-3-5-9-20/h3-5,8-13,15-19,23,32H,6-7,14H2,1-2H3. The van der Waals surface area contributed by atoms with Gasteiger partial charge in [-0.2, -0.15) is 0 Å². The van der Waals surface area contributed by atoms with Crippen LogP contribution in [0.25, 0.3) is 27.9 Å². The normalized spacial score (nSPS) is 21.1. The summed E-state index contributed by atoms with van der Waals surface area (Å²) in [5, 5.41) is 1.31. The molecular weight excluding hydrogens is 416 g/mol. The van der Waals surface area contributed by atoms with Crippen LogP contribution in [0.2, 0.25) is 0 Å². The molecule has 2 unspecified atom stereocenters. The Labute approximate surface area is 199 Å². The van der Waals surface area contributed by atoms with E-state index in [1.807, 2.05) is 6.21 Å². The van der Waals surface area contributed by atoms with Crippen molar-refractivity contribution in [3.05, 3.63) is 89.8 Å². The van der Waals surface area contributed by atoms with E-state index in [1.165, 1.54) is 39.7 Å². The van der Waals surface area contributed by atoms with E-state index < -0.39 is 0 Å². The number of aromatic amines is 1. The number of rotatable bonds is 3. The number of H-pyrrole nitrogens is 1. The highest BCUT2D eigenvalue weighted by Gasteiger charge is 2.34. The fourth-order valence-corrected chi connectivity index (χ4v) is 5.63. The Morgan fingerprint density at radius 1 is 1.00 bits per heavy atom. The first kappa shape index (κ1) is 19.7. The van der Waals surface area contributed by atoms with E-state index in [9.17, 15) is 0 Å². The summed E-state index contributed by atoms with van der Waals surface area (Å²) < 4.78 is 2.24. The van der Waals surface area contributed by atoms with Gasteiger partial charge in [-0.15, -0.1) is 0 Å². The van der Waals surface area contributed by atoms with E-state index in [1.54, 1.807) is 0 Å². The number of hydrogen-bond donors (Lipinski definition) is 1. The molecule has 4 heterocycles. The van der Waals surface area contributed by atoms with Gasteiger partial charge in [0.2, 0.25) is 0 Å². The van der Waals surface area contributed by atoms with Crippen molar-refractivity contribution in [3.63, 3.8) is 0 Å². The average molecular weight is 445 g/mol. The van der Waals surface area contributed by atoms with Gasteiger partial charge in [-0.25, -0.2) is 4.99 Å². The third-order valence-electron chi connectivity index (χ3n) is 7.61. The van der Waals surface area contributed by atoms with Gasteiger partial charge >= 0.3 is 0 Å². The molecule has 1 fully saturated rings. The molecule has 2 aromatic heterocycles. The van der Waals surface area contributed by atoms with Gasteiger partial charge in [0.05, 0.1) is 23.3 Å². The summed E-state index contributed by atoms with van der Waals surface area (Å²) in [6.07, 6.45) is 12.3. The molecule has 2 aliphatic heterocycles. The first-order valence-corrected chi connectivity index (χ1v) is 12.3. The van der Waals surface area contributed by atoms with Gasteiger partial charge in [-0.1, -0.05) is 55.5 Å². The molecule has 2 aromatic carbocycles. The first-order valence-electron chi connectivity index (χ1n) is 12.3. The summed E-state index contributed by atoms with van der Waals surface area (Å²) >= 11 is 0. The second kappa shape index (κ2) is 7.36. The minimum Gasteiger partial charge on any atom is -0.350 e. The van der Waals surface area contributed by atoms with Crippen LogP contribution < -0.4 is 4.90 Å². The van der Waals surface area contributed by atoms with Crippen molar-refractivity contribution >= 4 is 34.3 Å². The third kappa shape index (κ3) is 3.02. The lowest BCUT2D eigenvalue weighted by molar-refractivity contribution is 0.915. The number of anilines is 1. The predicted molar refractivity (Wildman–Crippen MR) is 142 cm³/mol. The molecule has 2 atom stereocenters. The van der Waals surface area contributed by atoms with Crippen LogP contribution in [0.1, 0.15) is 43.2 Å². The molecule has 0 bridgehead atoms. The SMILES string of the molecule is CC1CC1c1ccc2c(c1)c(-c1cc3c([nH]1)N=CC1=CCCC=C(c4ccccc4)N13)cn2C. The molecule has 1 N–H and O–H groups in total. The van der Waals surface area contributed by atoms with Gasteiger partial charge < -0.3 is 14.5 Å². The van der Waals surface area contributed by atoms with Gasteiger partial charge in [-0.3, -0.25) is 0 Å². The van der Waals surface area contributed by atoms with E-state index >= 15 is 0 Å². The fourth-order valence-electron chi connectivity index (χ4n) is 5.63. The second-order valence-corrected chi connectivity index (χ2v) is 9.92. The Kier molecular flexibility index (Phi) is 4.25. The molecule has 0 amide bonds. The number of aryl methyl sites for hydroxylation is 1. The molecule has 1 saturated carbocycles. The molecular formula is C30H28N4. The lowest BCUT2D eigenvalue weighted by atomic mass is 10.0. The van der Waals surface area contributed by atoms with Gasteiger partial charge in [0.1, 0.15) is 0 Å². The van der Waals surface area contributed by atoms with E-state index in [0.29, 0.717) is 5.92 Å². The minimum absolute atomic E-state index is 0.710. The molecule has 4 heteroatoms. The Morgan fingerprint density at radius 2 is 1.82 bits per heavy atom. The number of aliphatic imine (C=N–C) groups is 1. The van der Waals surface area contributed by atoms with E-state index in [-0.39, 0.29) is 0 Å². The predicted octanol–water partition coefficient (Wildman–Crippen LogP) is 7.54. The van der Waals surface area contributed by atoms with E-state index in [2.05, 4.69) is 101 Å². The van der Waals surface area contributed by atoms with Gasteiger partial charge in [0.25, 0.3) is 0 Å². The van der Waals surface area contributed by atoms with Crippen LogP contribution in [0.15, 0.2) is 83.6 Å². The second-order valence-electron chi connectivity index (χ2n) is 9.92. The summed E-state index contributed by atoms with van der Waals surface area (Å²) in [4.78, 5) is 10.8. The molecule has 7 rings (SSSR count). The highest BCUT2D eigenvalue weighted by molar-refractivity contribution is 6.04. The smallest absolute Gasteiger partial charge is 0.154 e. The topological polar surface area (TPSA) is 36.3 Å². The summed E-state index contributed by atoms with van der Waals surface area (Å²) in [7, 11) is 2.14. The van der Waals surface area contributed by atoms with E-state index in [4.69, 9.17) is 4.99 Å². The molecule has 3 aliphatic rings. The molecule has 0 spiro atoms. The summed E-state index contributed by atoms with van der Waals surface area (Å²) in [5.41, 5.74) is 9.81. The van der Waals surface area contributed by atoms with Crippen LogP contribution in [0, 0.1) is 5.92 Å². The highest BCUT2D eigenvalue weighted by Crippen LogP contribution is 2.49. The molecule has 168 valence electrons. The Balaban J connectivity index is 1.37. The van der Waals surface area contributed by atoms with Crippen molar-refractivity contribution in [2.45, 2.75) is 32.1 Å². The van der Waals surface area contributed by atoms with Crippen LogP contribution in [0.5, 0.6) is 0 Å². The van der Waals surface area contributed by atoms with Crippen LogP contribution in [-0.2, 0) is 7.05 Å². The number of benzene rings is 2. The Morgan fingerprint density at radius 3 is 2.65 bits per heavy atom. The van der Waals surface area contributed by atoms with Gasteiger partial charge in [0, 0.05) is 35.4 Å². The van der Waals surface area contributed by atoms with Gasteiger partial charge in [-0.05, 0) is 60.4 Å². The van der Waals surface area contributed by atoms with Crippen molar-refractivity contribution in [1.29, 1.82) is 0 Å². The summed E-state index contributed by atoms with van der Waals surface area (Å²) in [5.74, 6) is 2.43. The lowest BCUT2D eigenvalue weighted by Crippen LogP contribution is -2.23. The van der Waals surface area contributed by atoms with E-state index in [0.717, 1.165) is 41.7 Å². The number of allylic oxidation sites excluding steroid dienone is 3. The molecule has 34 heavy (non-hydrogen) atoms. The molecule has 1 aliphatic carbocycles. The van der Waals surface area contributed by atoms with Crippen LogP contribution in [0.4, 0.5) is 11.5 Å². The molecule has 0 saturated heterocycles. The van der Waals surface area contributed by atoms with Crippen LogP contribution >= 0.6 is 0 Å². The zero-order valence-corrected chi connectivity index (χ0v) is 19.6. The number of fused-ring (bicyclic) bond motifs is 4. The third-order valence-corrected chi connectivity index (χ3v) is 7.61. The monoisotopic (exact) mass is 444 g/mol. The minimum atomic E-state index is 0.710. The van der Waals surface area contributed by atoms with Crippen molar-refractivity contribution < 1.29 is 0 Å². The van der Waals surface area contributed by atoms with Gasteiger partial charge in [0.15, 0.2) is 5.82 Å². The average Bonchev–Trinajstić information content (AvgIpc) is 3.39. The zero-order valence-electron chi connectivity index (χ0n) is 19.6. The first-order chi connectivity index (χ1) is 16.7. The van der Waals surface area contributed by atoms with Crippen molar-refractivity contribution in [3.8, 4) is 11.3 Å². The number of hydrogen-bond acceptors (Lipinski definition) is 2. The van der Waals surface area contributed by atoms with Crippen molar-refractivity contribution in [2.75, 3.05) is 4.90 Å². The summed E-state index contributed by atoms with van der Waals surface area (Å²) in [6, 6.07) is 20.0. The van der Waals surface area contributed by atoms with Crippen molar-refractivity contribution in [2.24, 2.45) is 18.0 Å². The van der Waals surface area contributed by atoms with Crippen LogP contribution in [-0.4, -0.2) is 15.8 Å². The highest BCUT2D eigenvalue weighted by atomic mass is 15.2. The largest absolute Gasteiger partial charge is 0.350 e. The van der Waals surface area contributed by atoms with Crippen LogP contribution in [0.3, 0.4) is 0 Å². The fraction of sp³-hybridized carbons (Fsp3) is 0.233. The Bertz CT molecular complexity index is 1510. The number of nitrogens with zero attached hydrogens (tertiary/aromatic N) is 3. The quantitative estimate of drug-likeness (QED) is 0.348. The molecule has 0 radical (unpaired) electrons. The molecule has 4 aromatic rings. The summed E-state index contributed by atoms with van der Waals surface area (Å²) in [6.45, 7) is 2.35. The zero-order chi connectivity index (χ0) is 22.8. The lowest BCUT2D eigenvalue weighted by Gasteiger charge is -2.29. The maximum Gasteiger partial charge on any atom is 0.154 e. The maximum absolute atomic E-state index is 4.82. The van der Waals surface area contributed by atoms with Crippen molar-refractivity contribution in [1.82, 2.24) is 9.55 Å². The number of aromatic nitrogens is 2. The Hall–Kier alpha value is -3.79. The molecule has 4 nitrogen and oxygen atoms in total. The maximum atomic E-state index is 4.82.